The fraction of sp³-hybridized carbons (Fsp3) is 0.333. The minimum Gasteiger partial charge on any atom is -0.497 e. The van der Waals surface area contributed by atoms with Crippen molar-refractivity contribution in [1.82, 2.24) is 0 Å². The molecule has 0 radical (unpaired) electrons. The van der Waals surface area contributed by atoms with Gasteiger partial charge in [0.25, 0.3) is 0 Å². The molecule has 1 nitrogen and oxygen atoms in total. The summed E-state index contributed by atoms with van der Waals surface area (Å²) in [6.07, 6.45) is 2.86. The fourth-order valence-corrected chi connectivity index (χ4v) is 1.54. The molecular formula is C12H16O. The molecule has 1 aromatic rings. The van der Waals surface area contributed by atoms with Crippen molar-refractivity contribution in [2.75, 3.05) is 7.11 Å². The zero-order valence-corrected chi connectivity index (χ0v) is 8.55. The highest BCUT2D eigenvalue weighted by molar-refractivity contribution is 5.41. The molecule has 1 rings (SSSR count). The number of hydrogen-bond donors (Lipinski definition) is 0. The van der Waals surface area contributed by atoms with Crippen LogP contribution in [0.4, 0.5) is 0 Å². The highest BCUT2D eigenvalue weighted by atomic mass is 16.5. The van der Waals surface area contributed by atoms with E-state index in [0.29, 0.717) is 0 Å². The molecule has 1 aromatic carbocycles. The van der Waals surface area contributed by atoms with Gasteiger partial charge in [-0.1, -0.05) is 6.08 Å². The Kier molecular flexibility index (Phi) is 3.13. The lowest BCUT2D eigenvalue weighted by atomic mass is 10.00. The van der Waals surface area contributed by atoms with Gasteiger partial charge in [-0.3, -0.25) is 0 Å². The van der Waals surface area contributed by atoms with Crippen molar-refractivity contribution in [3.05, 3.63) is 41.5 Å². The van der Waals surface area contributed by atoms with Crippen molar-refractivity contribution in [1.29, 1.82) is 0 Å². The molecule has 0 heterocycles. The van der Waals surface area contributed by atoms with Gasteiger partial charge < -0.3 is 4.74 Å². The van der Waals surface area contributed by atoms with Gasteiger partial charge in [0.2, 0.25) is 0 Å². The Balaban J connectivity index is 3.14. The standard InChI is InChI=1S/C12H16O/c1-5-6-12-9(2)7-11(13-4)8-10(12)3/h5,7-8H,1,6H2,2-4H3. The minimum atomic E-state index is 0.932. The van der Waals surface area contributed by atoms with Crippen LogP contribution >= 0.6 is 0 Å². The first-order valence-electron chi connectivity index (χ1n) is 4.44. The zero-order valence-electron chi connectivity index (χ0n) is 8.55. The maximum absolute atomic E-state index is 5.18. The summed E-state index contributed by atoms with van der Waals surface area (Å²) in [5, 5.41) is 0. The number of ether oxygens (including phenoxy) is 1. The molecule has 0 bridgehead atoms. The predicted molar refractivity (Wildman–Crippen MR) is 56.4 cm³/mol. The molecule has 0 unspecified atom stereocenters. The lowest BCUT2D eigenvalue weighted by molar-refractivity contribution is 0.414. The molecule has 70 valence electrons. The molecule has 1 heteroatoms. The third-order valence-corrected chi connectivity index (χ3v) is 2.25. The van der Waals surface area contributed by atoms with Gasteiger partial charge in [-0.2, -0.15) is 0 Å². The third-order valence-electron chi connectivity index (χ3n) is 2.25. The van der Waals surface area contributed by atoms with Crippen LogP contribution in [0.5, 0.6) is 5.75 Å². The first-order valence-corrected chi connectivity index (χ1v) is 4.44. The summed E-state index contributed by atoms with van der Waals surface area (Å²) in [5.41, 5.74) is 3.91. The van der Waals surface area contributed by atoms with E-state index in [-0.39, 0.29) is 0 Å². The monoisotopic (exact) mass is 176 g/mol. The highest BCUT2D eigenvalue weighted by Gasteiger charge is 2.03. The Morgan fingerprint density at radius 1 is 1.31 bits per heavy atom. The average Bonchev–Trinajstić information content (AvgIpc) is 2.11. The highest BCUT2D eigenvalue weighted by Crippen LogP contribution is 2.21. The van der Waals surface area contributed by atoms with E-state index in [2.05, 4.69) is 32.6 Å². The van der Waals surface area contributed by atoms with E-state index in [4.69, 9.17) is 4.74 Å². The van der Waals surface area contributed by atoms with Gasteiger partial charge in [-0.15, -0.1) is 6.58 Å². The second-order valence-corrected chi connectivity index (χ2v) is 3.23. The normalized spacial score (nSPS) is 9.77. The summed E-state index contributed by atoms with van der Waals surface area (Å²) in [5.74, 6) is 0.933. The van der Waals surface area contributed by atoms with Gasteiger partial charge in [0, 0.05) is 0 Å². The Labute approximate surface area is 80.0 Å². The Bertz CT molecular complexity index is 290. The number of benzene rings is 1. The molecule has 0 atom stereocenters. The number of hydrogen-bond acceptors (Lipinski definition) is 1. The lowest BCUT2D eigenvalue weighted by Crippen LogP contribution is -1.94. The van der Waals surface area contributed by atoms with Crippen molar-refractivity contribution in [3.8, 4) is 5.75 Å². The van der Waals surface area contributed by atoms with Gasteiger partial charge in [0.1, 0.15) is 5.75 Å². The van der Waals surface area contributed by atoms with Gasteiger partial charge in [0.05, 0.1) is 7.11 Å². The molecule has 0 aliphatic rings. The van der Waals surface area contributed by atoms with Crippen LogP contribution in [0.1, 0.15) is 16.7 Å². The van der Waals surface area contributed by atoms with Gasteiger partial charge in [-0.05, 0) is 49.1 Å². The van der Waals surface area contributed by atoms with Crippen LogP contribution in [-0.4, -0.2) is 7.11 Å². The molecule has 0 fully saturated rings. The largest absolute Gasteiger partial charge is 0.497 e. The van der Waals surface area contributed by atoms with Crippen molar-refractivity contribution in [3.63, 3.8) is 0 Å². The van der Waals surface area contributed by atoms with E-state index in [1.54, 1.807) is 7.11 Å². The van der Waals surface area contributed by atoms with Crippen molar-refractivity contribution in [2.24, 2.45) is 0 Å². The molecule has 0 aliphatic carbocycles. The SMILES string of the molecule is C=CCc1c(C)cc(OC)cc1C. The molecular weight excluding hydrogens is 160 g/mol. The zero-order chi connectivity index (χ0) is 9.84. The van der Waals surface area contributed by atoms with Gasteiger partial charge in [0.15, 0.2) is 0 Å². The fourth-order valence-electron chi connectivity index (χ4n) is 1.54. The topological polar surface area (TPSA) is 9.23 Å². The summed E-state index contributed by atoms with van der Waals surface area (Å²) < 4.78 is 5.18. The summed E-state index contributed by atoms with van der Waals surface area (Å²) in [4.78, 5) is 0. The maximum Gasteiger partial charge on any atom is 0.119 e. The van der Waals surface area contributed by atoms with E-state index in [9.17, 15) is 0 Å². The summed E-state index contributed by atoms with van der Waals surface area (Å²) in [6, 6.07) is 4.12. The first kappa shape index (κ1) is 9.85. The molecule has 0 saturated heterocycles. The number of methoxy groups -OCH3 is 1. The summed E-state index contributed by atoms with van der Waals surface area (Å²) in [7, 11) is 1.70. The van der Waals surface area contributed by atoms with E-state index >= 15 is 0 Å². The summed E-state index contributed by atoms with van der Waals surface area (Å²) >= 11 is 0. The Morgan fingerprint density at radius 3 is 2.23 bits per heavy atom. The van der Waals surface area contributed by atoms with Crippen LogP contribution in [0.2, 0.25) is 0 Å². The molecule has 0 spiro atoms. The first-order chi connectivity index (χ1) is 6.19. The van der Waals surface area contributed by atoms with Crippen LogP contribution in [-0.2, 0) is 6.42 Å². The maximum atomic E-state index is 5.18. The predicted octanol–water partition coefficient (Wildman–Crippen LogP) is 3.04. The van der Waals surface area contributed by atoms with E-state index in [0.717, 1.165) is 12.2 Å². The van der Waals surface area contributed by atoms with Crippen molar-refractivity contribution in [2.45, 2.75) is 20.3 Å². The Morgan fingerprint density at radius 2 is 1.85 bits per heavy atom. The van der Waals surface area contributed by atoms with Crippen LogP contribution < -0.4 is 4.74 Å². The number of aryl methyl sites for hydroxylation is 2. The average molecular weight is 176 g/mol. The van der Waals surface area contributed by atoms with Crippen LogP contribution in [0.3, 0.4) is 0 Å². The van der Waals surface area contributed by atoms with Gasteiger partial charge in [-0.25, -0.2) is 0 Å². The Hall–Kier alpha value is -1.24. The third kappa shape index (κ3) is 2.11. The quantitative estimate of drug-likeness (QED) is 0.643. The van der Waals surface area contributed by atoms with Crippen LogP contribution in [0.15, 0.2) is 24.8 Å². The van der Waals surface area contributed by atoms with Crippen LogP contribution in [0, 0.1) is 13.8 Å². The lowest BCUT2D eigenvalue weighted by Gasteiger charge is -2.10. The minimum absolute atomic E-state index is 0.932. The molecule has 0 N–H and O–H groups in total. The number of allylic oxidation sites excluding steroid dienone is 1. The van der Waals surface area contributed by atoms with Crippen molar-refractivity contribution >= 4 is 0 Å². The van der Waals surface area contributed by atoms with E-state index < -0.39 is 0 Å². The molecule has 0 amide bonds. The molecule has 0 saturated carbocycles. The molecule has 13 heavy (non-hydrogen) atoms. The van der Waals surface area contributed by atoms with Crippen molar-refractivity contribution < 1.29 is 4.74 Å². The van der Waals surface area contributed by atoms with E-state index in [1.165, 1.54) is 16.7 Å². The molecule has 0 aromatic heterocycles. The van der Waals surface area contributed by atoms with E-state index in [1.807, 2.05) is 6.08 Å². The van der Waals surface area contributed by atoms with Crippen LogP contribution in [0.25, 0.3) is 0 Å². The number of rotatable bonds is 3. The van der Waals surface area contributed by atoms with Gasteiger partial charge >= 0.3 is 0 Å². The summed E-state index contributed by atoms with van der Waals surface area (Å²) in [6.45, 7) is 7.96. The molecule has 0 aliphatic heterocycles. The smallest absolute Gasteiger partial charge is 0.119 e. The second-order valence-electron chi connectivity index (χ2n) is 3.23. The second kappa shape index (κ2) is 4.13.